The van der Waals surface area contributed by atoms with E-state index >= 15 is 0 Å². The molecule has 2 N–H and O–H groups in total. The van der Waals surface area contributed by atoms with E-state index in [9.17, 15) is 23.3 Å². The fourth-order valence-electron chi connectivity index (χ4n) is 1.82. The average molecular weight is 298 g/mol. The Morgan fingerprint density at radius 1 is 1.45 bits per heavy atom. The number of carbonyl (C=O) groups is 1. The van der Waals surface area contributed by atoms with Crippen LogP contribution in [0, 0.1) is 10.1 Å². The highest BCUT2D eigenvalue weighted by Crippen LogP contribution is 2.25. The van der Waals surface area contributed by atoms with Crippen LogP contribution in [0.3, 0.4) is 0 Å². The van der Waals surface area contributed by atoms with Crippen LogP contribution in [-0.2, 0) is 9.84 Å². The van der Waals surface area contributed by atoms with Gasteiger partial charge in [-0.05, 0) is 6.07 Å². The number of carboxylic acids is 1. The van der Waals surface area contributed by atoms with Gasteiger partial charge in [-0.3, -0.25) is 10.1 Å². The number of nitro benzene ring substituents is 1. The summed E-state index contributed by atoms with van der Waals surface area (Å²) in [5.74, 6) is -1.47. The Kier molecular flexibility index (Phi) is 3.45. The lowest BCUT2D eigenvalue weighted by Crippen LogP contribution is -2.22. The molecule has 0 amide bonds. The zero-order valence-electron chi connectivity index (χ0n) is 10.0. The number of nitro groups is 1. The number of rotatable bonds is 4. The third-order valence-electron chi connectivity index (χ3n) is 2.72. The number of nitrogens with zero attached hydrogens (tertiary/aromatic N) is 1. The van der Waals surface area contributed by atoms with Gasteiger partial charge in [-0.15, -0.1) is 0 Å². The summed E-state index contributed by atoms with van der Waals surface area (Å²) in [6.07, 6.45) is 1.37. The minimum atomic E-state index is -3.30. The standard InChI is InChI=1S/C11H10N2O6S/c14-11(15)9-2-1-8(13(16)17)5-10(9)12-7-3-4-20(18,19)6-7/h1-5,7,12H,6H2,(H,14,15). The van der Waals surface area contributed by atoms with Gasteiger partial charge in [-0.2, -0.15) is 0 Å². The van der Waals surface area contributed by atoms with E-state index in [0.29, 0.717) is 0 Å². The lowest BCUT2D eigenvalue weighted by atomic mass is 10.1. The number of sulfone groups is 1. The summed E-state index contributed by atoms with van der Waals surface area (Å²) in [5, 5.41) is 23.4. The fourth-order valence-corrected chi connectivity index (χ4v) is 3.05. The summed E-state index contributed by atoms with van der Waals surface area (Å²) in [7, 11) is -3.30. The molecule has 20 heavy (non-hydrogen) atoms. The molecule has 1 aliphatic rings. The Morgan fingerprint density at radius 3 is 2.65 bits per heavy atom. The van der Waals surface area contributed by atoms with Crippen LogP contribution in [0.1, 0.15) is 10.4 Å². The van der Waals surface area contributed by atoms with Crippen LogP contribution in [-0.4, -0.2) is 36.2 Å². The maximum Gasteiger partial charge on any atom is 0.337 e. The molecule has 9 heteroatoms. The van der Waals surface area contributed by atoms with Crippen molar-refractivity contribution in [2.24, 2.45) is 0 Å². The van der Waals surface area contributed by atoms with Crippen molar-refractivity contribution in [1.29, 1.82) is 0 Å². The van der Waals surface area contributed by atoms with Crippen LogP contribution in [0.4, 0.5) is 11.4 Å². The molecule has 1 heterocycles. The van der Waals surface area contributed by atoms with E-state index in [-0.39, 0.29) is 22.7 Å². The number of carboxylic acid groups (broad SMARTS) is 1. The molecular weight excluding hydrogens is 288 g/mol. The van der Waals surface area contributed by atoms with E-state index in [1.54, 1.807) is 0 Å². The number of nitrogens with one attached hydrogen (secondary N) is 1. The molecule has 0 saturated carbocycles. The Labute approximate surface area is 113 Å². The number of hydrogen-bond donors (Lipinski definition) is 2. The molecule has 1 atom stereocenters. The maximum atomic E-state index is 11.3. The van der Waals surface area contributed by atoms with Crippen LogP contribution in [0.5, 0.6) is 0 Å². The maximum absolute atomic E-state index is 11.3. The Morgan fingerprint density at radius 2 is 2.15 bits per heavy atom. The van der Waals surface area contributed by atoms with Gasteiger partial charge in [0.05, 0.1) is 28.0 Å². The molecule has 106 valence electrons. The Bertz CT molecular complexity index is 710. The Balaban J connectivity index is 2.34. The van der Waals surface area contributed by atoms with Gasteiger partial charge in [0.2, 0.25) is 0 Å². The Hall–Kier alpha value is -2.42. The van der Waals surface area contributed by atoms with Crippen molar-refractivity contribution < 1.29 is 23.2 Å². The quantitative estimate of drug-likeness (QED) is 0.627. The SMILES string of the molecule is O=C(O)c1ccc([N+](=O)[O-])cc1NC1C=CS(=O)(=O)C1. The molecule has 1 aromatic rings. The van der Waals surface area contributed by atoms with E-state index in [4.69, 9.17) is 5.11 Å². The largest absolute Gasteiger partial charge is 0.478 e. The molecule has 0 fully saturated rings. The highest BCUT2D eigenvalue weighted by Gasteiger charge is 2.24. The predicted octanol–water partition coefficient (Wildman–Crippen LogP) is 1.02. The average Bonchev–Trinajstić information content (AvgIpc) is 2.68. The predicted molar refractivity (Wildman–Crippen MR) is 70.4 cm³/mol. The summed E-state index contributed by atoms with van der Waals surface area (Å²) >= 11 is 0. The summed E-state index contributed by atoms with van der Waals surface area (Å²) in [5.41, 5.74) is -0.422. The molecule has 0 bridgehead atoms. The second kappa shape index (κ2) is 4.93. The zero-order chi connectivity index (χ0) is 14.9. The van der Waals surface area contributed by atoms with E-state index in [1.165, 1.54) is 6.08 Å². The highest BCUT2D eigenvalue weighted by atomic mass is 32.2. The first-order valence-corrected chi connectivity index (χ1v) is 7.19. The molecule has 2 rings (SSSR count). The number of non-ortho nitro benzene ring substituents is 1. The van der Waals surface area contributed by atoms with Crippen molar-refractivity contribution >= 4 is 27.2 Å². The van der Waals surface area contributed by atoms with E-state index < -0.39 is 26.8 Å². The van der Waals surface area contributed by atoms with E-state index in [2.05, 4.69) is 5.32 Å². The van der Waals surface area contributed by atoms with Crippen LogP contribution in [0.2, 0.25) is 0 Å². The smallest absolute Gasteiger partial charge is 0.337 e. The fraction of sp³-hybridized carbons (Fsp3) is 0.182. The first-order valence-electron chi connectivity index (χ1n) is 5.48. The molecule has 0 radical (unpaired) electrons. The molecular formula is C11H10N2O6S. The second-order valence-electron chi connectivity index (χ2n) is 4.20. The van der Waals surface area contributed by atoms with Crippen molar-refractivity contribution in [1.82, 2.24) is 0 Å². The summed E-state index contributed by atoms with van der Waals surface area (Å²) in [4.78, 5) is 21.1. The highest BCUT2D eigenvalue weighted by molar-refractivity contribution is 7.94. The molecule has 1 unspecified atom stereocenters. The normalized spacial score (nSPS) is 19.7. The molecule has 0 spiro atoms. The van der Waals surface area contributed by atoms with Gasteiger partial charge in [0.25, 0.3) is 5.69 Å². The van der Waals surface area contributed by atoms with Gasteiger partial charge in [0.1, 0.15) is 0 Å². The van der Waals surface area contributed by atoms with Gasteiger partial charge in [0, 0.05) is 17.5 Å². The summed E-state index contributed by atoms with van der Waals surface area (Å²) < 4.78 is 22.5. The van der Waals surface area contributed by atoms with Gasteiger partial charge in [0.15, 0.2) is 9.84 Å². The monoisotopic (exact) mass is 298 g/mol. The minimum Gasteiger partial charge on any atom is -0.478 e. The van der Waals surface area contributed by atoms with Gasteiger partial charge in [-0.1, -0.05) is 6.08 Å². The number of aromatic carboxylic acids is 1. The molecule has 0 aromatic heterocycles. The van der Waals surface area contributed by atoms with E-state index in [1.807, 2.05) is 0 Å². The van der Waals surface area contributed by atoms with Crippen molar-refractivity contribution in [3.63, 3.8) is 0 Å². The van der Waals surface area contributed by atoms with Crippen molar-refractivity contribution in [2.75, 3.05) is 11.1 Å². The summed E-state index contributed by atoms with van der Waals surface area (Å²) in [6.45, 7) is 0. The minimum absolute atomic E-state index is 0.0125. The number of benzene rings is 1. The summed E-state index contributed by atoms with van der Waals surface area (Å²) in [6, 6.07) is 2.65. The lowest BCUT2D eigenvalue weighted by Gasteiger charge is -2.13. The third-order valence-corrected chi connectivity index (χ3v) is 4.11. The van der Waals surface area contributed by atoms with Crippen molar-refractivity contribution in [3.05, 3.63) is 45.4 Å². The molecule has 0 saturated heterocycles. The third kappa shape index (κ3) is 2.94. The number of anilines is 1. The van der Waals surface area contributed by atoms with Crippen LogP contribution >= 0.6 is 0 Å². The number of hydrogen-bond acceptors (Lipinski definition) is 6. The molecule has 0 aliphatic carbocycles. The molecule has 8 nitrogen and oxygen atoms in total. The zero-order valence-corrected chi connectivity index (χ0v) is 10.8. The van der Waals surface area contributed by atoms with Crippen molar-refractivity contribution in [2.45, 2.75) is 6.04 Å². The first kappa shape index (κ1) is 14.0. The van der Waals surface area contributed by atoms with Gasteiger partial charge < -0.3 is 10.4 Å². The topological polar surface area (TPSA) is 127 Å². The molecule has 1 aromatic carbocycles. The van der Waals surface area contributed by atoms with Gasteiger partial charge in [-0.25, -0.2) is 13.2 Å². The van der Waals surface area contributed by atoms with Crippen molar-refractivity contribution in [3.8, 4) is 0 Å². The van der Waals surface area contributed by atoms with Crippen LogP contribution in [0.25, 0.3) is 0 Å². The van der Waals surface area contributed by atoms with E-state index in [0.717, 1.165) is 23.6 Å². The second-order valence-corrected chi connectivity index (χ2v) is 6.13. The van der Waals surface area contributed by atoms with Crippen LogP contribution < -0.4 is 5.32 Å². The van der Waals surface area contributed by atoms with Gasteiger partial charge >= 0.3 is 5.97 Å². The van der Waals surface area contributed by atoms with Crippen LogP contribution in [0.15, 0.2) is 29.7 Å². The lowest BCUT2D eigenvalue weighted by molar-refractivity contribution is -0.384. The first-order chi connectivity index (χ1) is 9.28. The molecule has 1 aliphatic heterocycles.